The van der Waals surface area contributed by atoms with Gasteiger partial charge in [-0.2, -0.15) is 10.2 Å². The highest BCUT2D eigenvalue weighted by molar-refractivity contribution is 5.56. The van der Waals surface area contributed by atoms with E-state index in [-0.39, 0.29) is 0 Å². The monoisotopic (exact) mass is 225 g/mol. The number of hydrogen-bond acceptors (Lipinski definition) is 3. The SMILES string of the molecule is Cn1cnc(-c2ccc(-n3cccn3)cc2)n1. The molecule has 0 bridgehead atoms. The summed E-state index contributed by atoms with van der Waals surface area (Å²) in [5, 5.41) is 8.43. The number of nitrogens with zero attached hydrogens (tertiary/aromatic N) is 5. The fourth-order valence-corrected chi connectivity index (χ4v) is 1.66. The van der Waals surface area contributed by atoms with Crippen molar-refractivity contribution in [1.82, 2.24) is 24.5 Å². The van der Waals surface area contributed by atoms with E-state index in [9.17, 15) is 0 Å². The average molecular weight is 225 g/mol. The van der Waals surface area contributed by atoms with Crippen molar-refractivity contribution in [3.05, 3.63) is 49.1 Å². The lowest BCUT2D eigenvalue weighted by Crippen LogP contribution is -1.94. The van der Waals surface area contributed by atoms with Crippen LogP contribution in [-0.2, 0) is 7.05 Å². The van der Waals surface area contributed by atoms with E-state index in [2.05, 4.69) is 15.2 Å². The van der Waals surface area contributed by atoms with Gasteiger partial charge in [0.1, 0.15) is 6.33 Å². The topological polar surface area (TPSA) is 48.5 Å². The maximum atomic E-state index is 4.26. The van der Waals surface area contributed by atoms with Crippen LogP contribution in [0.2, 0.25) is 0 Å². The summed E-state index contributed by atoms with van der Waals surface area (Å²) in [5.74, 6) is 0.736. The summed E-state index contributed by atoms with van der Waals surface area (Å²) in [7, 11) is 1.86. The van der Waals surface area contributed by atoms with Crippen LogP contribution >= 0.6 is 0 Å². The quantitative estimate of drug-likeness (QED) is 0.666. The number of hydrogen-bond donors (Lipinski definition) is 0. The van der Waals surface area contributed by atoms with Gasteiger partial charge in [0.05, 0.1) is 5.69 Å². The number of rotatable bonds is 2. The summed E-state index contributed by atoms with van der Waals surface area (Å²) in [5.41, 5.74) is 2.02. The van der Waals surface area contributed by atoms with Crippen LogP contribution in [0, 0.1) is 0 Å². The van der Waals surface area contributed by atoms with Crippen molar-refractivity contribution in [2.75, 3.05) is 0 Å². The Morgan fingerprint density at radius 2 is 1.94 bits per heavy atom. The Hall–Kier alpha value is -2.43. The summed E-state index contributed by atoms with van der Waals surface area (Å²) in [4.78, 5) is 4.21. The molecule has 2 aromatic heterocycles. The van der Waals surface area contributed by atoms with Gasteiger partial charge in [-0.15, -0.1) is 0 Å². The van der Waals surface area contributed by atoms with Crippen LogP contribution in [0.5, 0.6) is 0 Å². The van der Waals surface area contributed by atoms with Gasteiger partial charge in [-0.05, 0) is 30.3 Å². The molecule has 17 heavy (non-hydrogen) atoms. The molecule has 0 atom stereocenters. The Morgan fingerprint density at radius 1 is 1.12 bits per heavy atom. The molecule has 3 rings (SSSR count). The van der Waals surface area contributed by atoms with Crippen LogP contribution in [0.1, 0.15) is 0 Å². The first-order chi connectivity index (χ1) is 8.33. The molecule has 3 aromatic rings. The van der Waals surface area contributed by atoms with E-state index < -0.39 is 0 Å². The second kappa shape index (κ2) is 3.86. The molecule has 0 N–H and O–H groups in total. The average Bonchev–Trinajstić information content (AvgIpc) is 3.00. The Kier molecular flexibility index (Phi) is 2.22. The van der Waals surface area contributed by atoms with Crippen molar-refractivity contribution < 1.29 is 0 Å². The van der Waals surface area contributed by atoms with Crippen LogP contribution in [0.25, 0.3) is 17.1 Å². The van der Waals surface area contributed by atoms with Crippen LogP contribution in [0.15, 0.2) is 49.1 Å². The van der Waals surface area contributed by atoms with E-state index in [0.29, 0.717) is 0 Å². The molecule has 0 fully saturated rings. The Balaban J connectivity index is 1.95. The molecule has 0 saturated carbocycles. The van der Waals surface area contributed by atoms with Crippen LogP contribution < -0.4 is 0 Å². The van der Waals surface area contributed by atoms with Gasteiger partial charge in [-0.1, -0.05) is 0 Å². The maximum absolute atomic E-state index is 4.26. The van der Waals surface area contributed by atoms with Gasteiger partial charge >= 0.3 is 0 Å². The molecule has 0 spiro atoms. The van der Waals surface area contributed by atoms with E-state index in [0.717, 1.165) is 17.1 Å². The second-order valence-electron chi connectivity index (χ2n) is 3.74. The molecule has 0 aliphatic carbocycles. The van der Waals surface area contributed by atoms with Crippen LogP contribution in [0.3, 0.4) is 0 Å². The molecule has 84 valence electrons. The van der Waals surface area contributed by atoms with Gasteiger partial charge < -0.3 is 0 Å². The minimum Gasteiger partial charge on any atom is -0.255 e. The Morgan fingerprint density at radius 3 is 2.53 bits per heavy atom. The predicted octanol–water partition coefficient (Wildman–Crippen LogP) is 1.67. The molecule has 2 heterocycles. The van der Waals surface area contributed by atoms with Crippen molar-refractivity contribution in [2.45, 2.75) is 0 Å². The lowest BCUT2D eigenvalue weighted by atomic mass is 10.2. The molecule has 0 amide bonds. The van der Waals surface area contributed by atoms with Crippen molar-refractivity contribution in [2.24, 2.45) is 7.05 Å². The zero-order chi connectivity index (χ0) is 11.7. The fourth-order valence-electron chi connectivity index (χ4n) is 1.66. The molecule has 0 radical (unpaired) electrons. The maximum Gasteiger partial charge on any atom is 0.181 e. The van der Waals surface area contributed by atoms with E-state index in [1.54, 1.807) is 17.2 Å². The third kappa shape index (κ3) is 1.82. The summed E-state index contributed by atoms with van der Waals surface area (Å²) in [6, 6.07) is 9.88. The summed E-state index contributed by atoms with van der Waals surface area (Å²) in [6.07, 6.45) is 5.36. The third-order valence-corrected chi connectivity index (χ3v) is 2.49. The van der Waals surface area contributed by atoms with Gasteiger partial charge in [0, 0.05) is 25.0 Å². The number of aromatic nitrogens is 5. The zero-order valence-electron chi connectivity index (χ0n) is 9.35. The first kappa shape index (κ1) is 9.77. The zero-order valence-corrected chi connectivity index (χ0v) is 9.35. The number of aryl methyl sites for hydroxylation is 1. The van der Waals surface area contributed by atoms with Gasteiger partial charge in [0.2, 0.25) is 0 Å². The fraction of sp³-hybridized carbons (Fsp3) is 0.0833. The van der Waals surface area contributed by atoms with Gasteiger partial charge in [0.25, 0.3) is 0 Å². The second-order valence-corrected chi connectivity index (χ2v) is 3.74. The first-order valence-corrected chi connectivity index (χ1v) is 5.29. The minimum absolute atomic E-state index is 0.736. The third-order valence-electron chi connectivity index (χ3n) is 2.49. The molecule has 5 heteroatoms. The lowest BCUT2D eigenvalue weighted by Gasteiger charge is -2.01. The lowest BCUT2D eigenvalue weighted by molar-refractivity contribution is 0.768. The minimum atomic E-state index is 0.736. The van der Waals surface area contributed by atoms with E-state index in [4.69, 9.17) is 0 Å². The number of benzene rings is 1. The van der Waals surface area contributed by atoms with Crippen molar-refractivity contribution in [3.8, 4) is 17.1 Å². The predicted molar refractivity (Wildman–Crippen MR) is 63.6 cm³/mol. The summed E-state index contributed by atoms with van der Waals surface area (Å²) >= 11 is 0. The van der Waals surface area contributed by atoms with Gasteiger partial charge in [-0.3, -0.25) is 4.68 Å². The Bertz CT molecular complexity index is 607. The van der Waals surface area contributed by atoms with Crippen molar-refractivity contribution >= 4 is 0 Å². The smallest absolute Gasteiger partial charge is 0.181 e. The standard InChI is InChI=1S/C12H11N5/c1-16-9-13-12(15-16)10-3-5-11(6-4-10)17-8-2-7-14-17/h2-9H,1H3. The van der Waals surface area contributed by atoms with E-state index in [1.165, 1.54) is 0 Å². The molecule has 0 aliphatic heterocycles. The highest BCUT2D eigenvalue weighted by Gasteiger charge is 2.03. The normalized spacial score (nSPS) is 10.6. The molecule has 5 nitrogen and oxygen atoms in total. The molecule has 0 saturated heterocycles. The highest BCUT2D eigenvalue weighted by atomic mass is 15.3. The van der Waals surface area contributed by atoms with E-state index in [1.807, 2.05) is 48.3 Å². The van der Waals surface area contributed by atoms with E-state index >= 15 is 0 Å². The molecule has 0 aliphatic rings. The van der Waals surface area contributed by atoms with Gasteiger partial charge in [-0.25, -0.2) is 9.67 Å². The molecule has 1 aromatic carbocycles. The Labute approximate surface area is 98.3 Å². The summed E-state index contributed by atoms with van der Waals surface area (Å²) in [6.45, 7) is 0. The van der Waals surface area contributed by atoms with Crippen molar-refractivity contribution in [1.29, 1.82) is 0 Å². The molecular formula is C12H11N5. The van der Waals surface area contributed by atoms with Gasteiger partial charge in [0.15, 0.2) is 5.82 Å². The van der Waals surface area contributed by atoms with Crippen LogP contribution in [0.4, 0.5) is 0 Å². The molecular weight excluding hydrogens is 214 g/mol. The first-order valence-electron chi connectivity index (χ1n) is 5.29. The summed E-state index contributed by atoms with van der Waals surface area (Å²) < 4.78 is 3.51. The van der Waals surface area contributed by atoms with Crippen molar-refractivity contribution in [3.63, 3.8) is 0 Å². The molecule has 0 unspecified atom stereocenters. The van der Waals surface area contributed by atoms with Crippen LogP contribution in [-0.4, -0.2) is 24.5 Å². The highest BCUT2D eigenvalue weighted by Crippen LogP contribution is 2.16. The largest absolute Gasteiger partial charge is 0.255 e.